The second-order valence-electron chi connectivity index (χ2n) is 1.58. The Balaban J connectivity index is 0.000000291. The first-order valence-electron chi connectivity index (χ1n) is 2.59. The molecular weight excluding hydrogens is 276 g/mol. The standard InChI is InChI=1S/C7H7.HI.Zn/c1-7-5-3-2-4-6-7;;/h2-3,5-6H,1H3;1H;/q-1;;+2/p-1. The van der Waals surface area contributed by atoms with Crippen LogP contribution in [0.5, 0.6) is 0 Å². The van der Waals surface area contributed by atoms with E-state index in [-0.39, 0.29) is 0 Å². The number of hydrogen-bond acceptors (Lipinski definition) is 0. The van der Waals surface area contributed by atoms with Crippen LogP contribution in [0.1, 0.15) is 5.56 Å². The van der Waals surface area contributed by atoms with Crippen LogP contribution in [0.25, 0.3) is 0 Å². The average Bonchev–Trinajstić information content (AvgIpc) is 1.94. The van der Waals surface area contributed by atoms with Crippen LogP contribution in [0.3, 0.4) is 0 Å². The molecule has 0 heterocycles. The summed E-state index contributed by atoms with van der Waals surface area (Å²) in [6.07, 6.45) is 0. The Bertz CT molecular complexity index is 139. The van der Waals surface area contributed by atoms with Crippen LogP contribution in [0.4, 0.5) is 0 Å². The zero-order chi connectivity index (χ0) is 7.11. The van der Waals surface area contributed by atoms with Crippen LogP contribution < -0.4 is 0 Å². The van der Waals surface area contributed by atoms with Crippen LogP contribution in [0.2, 0.25) is 0 Å². The van der Waals surface area contributed by atoms with Gasteiger partial charge in [-0.3, -0.25) is 0 Å². The molecule has 0 atom stereocenters. The second kappa shape index (κ2) is 6.69. The summed E-state index contributed by atoms with van der Waals surface area (Å²) in [6.45, 7) is 2.05. The molecule has 0 unspecified atom stereocenters. The number of hydrogen-bond donors (Lipinski definition) is 0. The fraction of sp³-hybridized carbons (Fsp3) is 0.143. The van der Waals surface area contributed by atoms with Crippen molar-refractivity contribution in [3.8, 4) is 0 Å². The summed E-state index contributed by atoms with van der Waals surface area (Å²) >= 11 is 3.62. The fourth-order valence-electron chi connectivity index (χ4n) is 0.483. The Morgan fingerprint density at radius 2 is 2.22 bits per heavy atom. The molecule has 0 saturated carbocycles. The zero-order valence-corrected chi connectivity index (χ0v) is 10.5. The maximum atomic E-state index is 2.96. The quantitative estimate of drug-likeness (QED) is 0.390. The first-order valence-corrected chi connectivity index (χ1v) is 11.6. The topological polar surface area (TPSA) is 0 Å². The molecule has 0 saturated heterocycles. The Hall–Kier alpha value is 0.573. The third-order valence-corrected chi connectivity index (χ3v) is 0.863. The summed E-state index contributed by atoms with van der Waals surface area (Å²) in [5.74, 6) is 0. The van der Waals surface area contributed by atoms with E-state index >= 15 is 0 Å². The SMILES string of the molecule is Cc1c[c-]ccc1.[Zn+][I]. The van der Waals surface area contributed by atoms with Gasteiger partial charge in [0.15, 0.2) is 0 Å². The van der Waals surface area contributed by atoms with Gasteiger partial charge in [0.2, 0.25) is 0 Å². The van der Waals surface area contributed by atoms with Gasteiger partial charge in [0, 0.05) is 0 Å². The van der Waals surface area contributed by atoms with Crippen molar-refractivity contribution in [3.63, 3.8) is 0 Å². The number of rotatable bonds is 0. The van der Waals surface area contributed by atoms with Crippen molar-refractivity contribution in [1.82, 2.24) is 0 Å². The predicted molar refractivity (Wildman–Crippen MR) is 44.0 cm³/mol. The molecule has 1 aromatic rings. The predicted octanol–water partition coefficient (Wildman–Crippen LogP) is 2.68. The van der Waals surface area contributed by atoms with Crippen LogP contribution in [0.15, 0.2) is 24.3 Å². The van der Waals surface area contributed by atoms with Crippen LogP contribution >= 0.6 is 19.8 Å². The van der Waals surface area contributed by atoms with Gasteiger partial charge in [-0.1, -0.05) is 6.92 Å². The van der Waals surface area contributed by atoms with E-state index in [1.165, 1.54) is 20.4 Å². The number of halogens is 1. The van der Waals surface area contributed by atoms with E-state index in [0.29, 0.717) is 0 Å². The molecular formula is C7H7IZn. The van der Waals surface area contributed by atoms with Crippen LogP contribution in [0, 0.1) is 13.0 Å². The first kappa shape index (κ1) is 9.57. The third kappa shape index (κ3) is 5.04. The third-order valence-electron chi connectivity index (χ3n) is 0.863. The summed E-state index contributed by atoms with van der Waals surface area (Å²) in [6, 6.07) is 10.8. The van der Waals surface area contributed by atoms with Crippen LogP contribution in [-0.4, -0.2) is 0 Å². The van der Waals surface area contributed by atoms with E-state index in [1.54, 1.807) is 0 Å². The first-order chi connectivity index (χ1) is 4.39. The molecule has 0 amide bonds. The van der Waals surface area contributed by atoms with Crippen LogP contribution in [-0.2, 0) is 14.8 Å². The van der Waals surface area contributed by atoms with Crippen molar-refractivity contribution < 1.29 is 14.8 Å². The maximum absolute atomic E-state index is 2.96. The van der Waals surface area contributed by atoms with Crippen molar-refractivity contribution in [2.24, 2.45) is 0 Å². The molecule has 0 spiro atoms. The van der Waals surface area contributed by atoms with Gasteiger partial charge in [-0.05, 0) is 0 Å². The van der Waals surface area contributed by atoms with Crippen molar-refractivity contribution >= 4 is 19.8 Å². The number of aryl methyl sites for hydroxylation is 1. The molecule has 2 heteroatoms. The van der Waals surface area contributed by atoms with E-state index in [9.17, 15) is 0 Å². The van der Waals surface area contributed by atoms with Gasteiger partial charge < -0.3 is 0 Å². The average molecular weight is 283 g/mol. The number of benzene rings is 1. The van der Waals surface area contributed by atoms with E-state index in [4.69, 9.17) is 0 Å². The van der Waals surface area contributed by atoms with Crippen molar-refractivity contribution in [3.05, 3.63) is 35.9 Å². The van der Waals surface area contributed by atoms with E-state index in [0.717, 1.165) is 0 Å². The summed E-state index contributed by atoms with van der Waals surface area (Å²) in [5, 5.41) is 0. The normalized spacial score (nSPS) is 7.56. The molecule has 0 N–H and O–H groups in total. The Labute approximate surface area is 76.9 Å². The van der Waals surface area contributed by atoms with E-state index in [1.807, 2.05) is 18.2 Å². The fourth-order valence-corrected chi connectivity index (χ4v) is 0.483. The summed E-state index contributed by atoms with van der Waals surface area (Å²) in [7, 11) is 0. The molecule has 0 aromatic heterocycles. The van der Waals surface area contributed by atoms with Crippen molar-refractivity contribution in [1.29, 1.82) is 0 Å². The van der Waals surface area contributed by atoms with Crippen molar-refractivity contribution in [2.75, 3.05) is 0 Å². The molecule has 0 bridgehead atoms. The molecule has 0 aliphatic carbocycles. The molecule has 1 aromatic carbocycles. The summed E-state index contributed by atoms with van der Waals surface area (Å²) in [5.41, 5.74) is 1.27. The molecule has 0 aliphatic rings. The molecule has 0 fully saturated rings. The molecule has 9 heavy (non-hydrogen) atoms. The van der Waals surface area contributed by atoms with E-state index < -0.39 is 0 Å². The Kier molecular flexibility index (Phi) is 7.12. The Morgan fingerprint density at radius 1 is 1.56 bits per heavy atom. The van der Waals surface area contributed by atoms with Crippen molar-refractivity contribution in [2.45, 2.75) is 6.92 Å². The molecule has 0 nitrogen and oxygen atoms in total. The second-order valence-corrected chi connectivity index (χ2v) is 1.58. The minimum atomic E-state index is 1.27. The van der Waals surface area contributed by atoms with Gasteiger partial charge in [0.05, 0.1) is 0 Å². The van der Waals surface area contributed by atoms with Gasteiger partial charge in [-0.15, -0.1) is 0 Å². The summed E-state index contributed by atoms with van der Waals surface area (Å²) in [4.78, 5) is 0. The molecule has 1 rings (SSSR count). The molecule has 44 valence electrons. The van der Waals surface area contributed by atoms with Gasteiger partial charge in [0.25, 0.3) is 0 Å². The van der Waals surface area contributed by atoms with Gasteiger partial charge in [0.1, 0.15) is 0 Å². The Morgan fingerprint density at radius 3 is 2.44 bits per heavy atom. The van der Waals surface area contributed by atoms with Gasteiger partial charge in [-0.25, -0.2) is 0 Å². The zero-order valence-electron chi connectivity index (χ0n) is 5.39. The van der Waals surface area contributed by atoms with Gasteiger partial charge >= 0.3 is 34.5 Å². The van der Waals surface area contributed by atoms with Gasteiger partial charge in [-0.2, -0.15) is 35.9 Å². The monoisotopic (exact) mass is 282 g/mol. The minimum absolute atomic E-state index is 1.27. The summed E-state index contributed by atoms with van der Waals surface area (Å²) < 4.78 is 0. The molecule has 0 aliphatic heterocycles. The van der Waals surface area contributed by atoms with E-state index in [2.05, 4.69) is 38.8 Å². The molecule has 0 radical (unpaired) electrons.